The molecule has 7 heteroatoms. The van der Waals surface area contributed by atoms with Crippen LogP contribution in [0.1, 0.15) is 0 Å². The molecule has 0 fully saturated rings. The summed E-state index contributed by atoms with van der Waals surface area (Å²) >= 11 is 0. The van der Waals surface area contributed by atoms with Crippen LogP contribution in [0, 0.1) is 17.5 Å². The van der Waals surface area contributed by atoms with Gasteiger partial charge in [0.15, 0.2) is 23.2 Å². The fraction of sp³-hybridized carbons (Fsp3) is 0.0909. The maximum absolute atomic E-state index is 13.6. The van der Waals surface area contributed by atoms with Crippen molar-refractivity contribution >= 4 is 5.82 Å². The largest absolute Gasteiger partial charge is 0.491 e. The zero-order valence-electron chi connectivity index (χ0n) is 9.25. The van der Waals surface area contributed by atoms with Gasteiger partial charge in [-0.2, -0.15) is 0 Å². The van der Waals surface area contributed by atoms with E-state index in [1.807, 2.05) is 0 Å². The number of nitrogens with two attached hydrogens (primary N) is 1. The first-order valence-corrected chi connectivity index (χ1v) is 4.84. The summed E-state index contributed by atoms with van der Waals surface area (Å²) in [7, 11) is 1.29. The predicted octanol–water partition coefficient (Wildman–Crippen LogP) is 2.15. The van der Waals surface area contributed by atoms with Crippen LogP contribution in [0.5, 0.6) is 5.75 Å². The van der Waals surface area contributed by atoms with Crippen LogP contribution < -0.4 is 10.5 Å². The van der Waals surface area contributed by atoms with Gasteiger partial charge in [0.2, 0.25) is 0 Å². The molecule has 18 heavy (non-hydrogen) atoms. The van der Waals surface area contributed by atoms with Crippen LogP contribution in [-0.2, 0) is 0 Å². The molecule has 0 radical (unpaired) electrons. The van der Waals surface area contributed by atoms with Crippen LogP contribution in [0.2, 0.25) is 0 Å². The predicted molar refractivity (Wildman–Crippen MR) is 58.3 cm³/mol. The van der Waals surface area contributed by atoms with Crippen molar-refractivity contribution in [1.82, 2.24) is 9.97 Å². The smallest absolute Gasteiger partial charge is 0.187 e. The lowest BCUT2D eigenvalue weighted by molar-refractivity contribution is 0.414. The van der Waals surface area contributed by atoms with Gasteiger partial charge >= 0.3 is 0 Å². The molecule has 2 N–H and O–H groups in total. The molecule has 94 valence electrons. The average Bonchev–Trinajstić information content (AvgIpc) is 2.33. The second-order valence-electron chi connectivity index (χ2n) is 3.39. The first kappa shape index (κ1) is 12.2. The Labute approximate surface area is 100 Å². The van der Waals surface area contributed by atoms with E-state index in [9.17, 15) is 13.2 Å². The van der Waals surface area contributed by atoms with Gasteiger partial charge in [0, 0.05) is 11.6 Å². The zero-order valence-corrected chi connectivity index (χ0v) is 9.25. The van der Waals surface area contributed by atoms with E-state index < -0.39 is 17.5 Å². The Hall–Kier alpha value is -2.31. The fourth-order valence-corrected chi connectivity index (χ4v) is 1.48. The minimum absolute atomic E-state index is 0.00223. The molecule has 0 aliphatic carbocycles. The average molecular weight is 255 g/mol. The van der Waals surface area contributed by atoms with E-state index in [-0.39, 0.29) is 22.8 Å². The Balaban J connectivity index is 2.69. The molecule has 1 aromatic carbocycles. The van der Waals surface area contributed by atoms with Crippen LogP contribution in [-0.4, -0.2) is 17.1 Å². The highest BCUT2D eigenvalue weighted by atomic mass is 19.2. The topological polar surface area (TPSA) is 61.0 Å². The van der Waals surface area contributed by atoms with E-state index in [2.05, 4.69) is 9.97 Å². The normalized spacial score (nSPS) is 10.4. The van der Waals surface area contributed by atoms with E-state index >= 15 is 0 Å². The van der Waals surface area contributed by atoms with Crippen molar-refractivity contribution in [3.63, 3.8) is 0 Å². The maximum Gasteiger partial charge on any atom is 0.187 e. The third kappa shape index (κ3) is 1.94. The van der Waals surface area contributed by atoms with Crippen LogP contribution in [0.4, 0.5) is 19.0 Å². The number of halogens is 3. The zero-order chi connectivity index (χ0) is 13.3. The molecule has 1 heterocycles. The molecule has 0 unspecified atom stereocenters. The second kappa shape index (κ2) is 4.52. The van der Waals surface area contributed by atoms with Gasteiger partial charge in [-0.05, 0) is 6.07 Å². The molecule has 0 aliphatic heterocycles. The quantitative estimate of drug-likeness (QED) is 0.835. The summed E-state index contributed by atoms with van der Waals surface area (Å²) in [6.45, 7) is 0. The van der Waals surface area contributed by atoms with Gasteiger partial charge < -0.3 is 10.5 Å². The van der Waals surface area contributed by atoms with Crippen molar-refractivity contribution in [2.75, 3.05) is 12.8 Å². The van der Waals surface area contributed by atoms with E-state index in [0.29, 0.717) is 12.1 Å². The number of methoxy groups -OCH3 is 1. The Morgan fingerprint density at radius 1 is 1.06 bits per heavy atom. The first-order valence-electron chi connectivity index (χ1n) is 4.84. The molecule has 4 nitrogen and oxygen atoms in total. The Bertz CT molecular complexity index is 604. The number of aromatic nitrogens is 2. The molecule has 0 saturated heterocycles. The monoisotopic (exact) mass is 255 g/mol. The highest BCUT2D eigenvalue weighted by Crippen LogP contribution is 2.33. The molecular formula is C11H8F3N3O. The summed E-state index contributed by atoms with van der Waals surface area (Å²) < 4.78 is 44.5. The van der Waals surface area contributed by atoms with Crippen LogP contribution in [0.25, 0.3) is 11.3 Å². The number of nitrogen functional groups attached to an aromatic ring is 1. The number of rotatable bonds is 2. The van der Waals surface area contributed by atoms with Crippen LogP contribution in [0.15, 0.2) is 18.5 Å². The first-order chi connectivity index (χ1) is 8.54. The molecule has 0 saturated carbocycles. The van der Waals surface area contributed by atoms with Gasteiger partial charge in [-0.25, -0.2) is 23.1 Å². The van der Waals surface area contributed by atoms with E-state index in [0.717, 1.165) is 6.33 Å². The lowest BCUT2D eigenvalue weighted by Gasteiger charge is -2.10. The minimum Gasteiger partial charge on any atom is -0.491 e. The number of nitrogens with zero attached hydrogens (tertiary/aromatic N) is 2. The third-order valence-electron chi connectivity index (χ3n) is 2.30. The number of hydrogen-bond donors (Lipinski definition) is 1. The SMILES string of the molecule is COc1c(N)ncnc1-c1cc(F)c(F)cc1F. The summed E-state index contributed by atoms with van der Waals surface area (Å²) in [5.74, 6) is -3.46. The van der Waals surface area contributed by atoms with Gasteiger partial charge in [-0.3, -0.25) is 0 Å². The van der Waals surface area contributed by atoms with Gasteiger partial charge in [0.05, 0.1) is 7.11 Å². The van der Waals surface area contributed by atoms with Gasteiger partial charge in [0.1, 0.15) is 17.8 Å². The Morgan fingerprint density at radius 3 is 2.39 bits per heavy atom. The standard InChI is InChI=1S/C11H8F3N3O/c1-18-10-9(16-4-17-11(10)15)5-2-7(13)8(14)3-6(5)12/h2-4H,1H3,(H2,15,16,17). The number of benzene rings is 1. The van der Waals surface area contributed by atoms with Crippen molar-refractivity contribution in [3.8, 4) is 17.0 Å². The summed E-state index contributed by atoms with van der Waals surface area (Å²) in [5.41, 5.74) is 5.23. The Morgan fingerprint density at radius 2 is 1.72 bits per heavy atom. The Kier molecular flexibility index (Phi) is 3.05. The van der Waals surface area contributed by atoms with Crippen molar-refractivity contribution in [1.29, 1.82) is 0 Å². The minimum atomic E-state index is -1.28. The molecule has 0 atom stereocenters. The van der Waals surface area contributed by atoms with E-state index in [1.165, 1.54) is 7.11 Å². The van der Waals surface area contributed by atoms with Crippen molar-refractivity contribution < 1.29 is 17.9 Å². The summed E-state index contributed by atoms with van der Waals surface area (Å²) in [6, 6.07) is 1.12. The summed E-state index contributed by atoms with van der Waals surface area (Å²) in [6.07, 6.45) is 1.08. The van der Waals surface area contributed by atoms with Crippen LogP contribution in [0.3, 0.4) is 0 Å². The van der Waals surface area contributed by atoms with Crippen molar-refractivity contribution in [3.05, 3.63) is 35.9 Å². The lowest BCUT2D eigenvalue weighted by Crippen LogP contribution is -2.01. The summed E-state index contributed by atoms with van der Waals surface area (Å²) in [4.78, 5) is 7.42. The molecule has 0 amide bonds. The second-order valence-corrected chi connectivity index (χ2v) is 3.39. The van der Waals surface area contributed by atoms with Gasteiger partial charge in [-0.15, -0.1) is 0 Å². The molecule has 0 bridgehead atoms. The lowest BCUT2D eigenvalue weighted by atomic mass is 10.1. The van der Waals surface area contributed by atoms with E-state index in [4.69, 9.17) is 10.5 Å². The van der Waals surface area contributed by atoms with Gasteiger partial charge in [0.25, 0.3) is 0 Å². The maximum atomic E-state index is 13.6. The van der Waals surface area contributed by atoms with Crippen molar-refractivity contribution in [2.24, 2.45) is 0 Å². The number of ether oxygens (including phenoxy) is 1. The fourth-order valence-electron chi connectivity index (χ4n) is 1.48. The van der Waals surface area contributed by atoms with E-state index in [1.54, 1.807) is 0 Å². The van der Waals surface area contributed by atoms with Gasteiger partial charge in [-0.1, -0.05) is 0 Å². The summed E-state index contributed by atoms with van der Waals surface area (Å²) in [5, 5.41) is 0. The number of hydrogen-bond acceptors (Lipinski definition) is 4. The highest BCUT2D eigenvalue weighted by molar-refractivity contribution is 5.71. The van der Waals surface area contributed by atoms with Crippen LogP contribution >= 0.6 is 0 Å². The molecule has 2 aromatic rings. The molecule has 1 aromatic heterocycles. The highest BCUT2D eigenvalue weighted by Gasteiger charge is 2.18. The molecular weight excluding hydrogens is 247 g/mol. The van der Waals surface area contributed by atoms with Crippen molar-refractivity contribution in [2.45, 2.75) is 0 Å². The molecule has 0 aliphatic rings. The number of anilines is 1. The molecule has 2 rings (SSSR count). The third-order valence-corrected chi connectivity index (χ3v) is 2.30. The molecule has 0 spiro atoms.